The lowest BCUT2D eigenvalue weighted by atomic mass is 10.0. The van der Waals surface area contributed by atoms with Gasteiger partial charge in [-0.1, -0.05) is 30.3 Å². The zero-order chi connectivity index (χ0) is 23.7. The Bertz CT molecular complexity index is 1200. The van der Waals surface area contributed by atoms with E-state index in [1.807, 2.05) is 40.2 Å². The molecule has 0 aromatic heterocycles. The summed E-state index contributed by atoms with van der Waals surface area (Å²) >= 11 is 0. The zero-order valence-corrected chi connectivity index (χ0v) is 18.8. The van der Waals surface area contributed by atoms with Gasteiger partial charge in [-0.25, -0.2) is 9.82 Å². The molecule has 6 rings (SSSR count). The largest absolute Gasteiger partial charge is 0.369 e. The van der Waals surface area contributed by atoms with Gasteiger partial charge in [0, 0.05) is 24.6 Å². The molecule has 2 amide bonds. The fraction of sp³-hybridized carbons (Fsp3) is 0.259. The van der Waals surface area contributed by atoms with E-state index in [0.717, 1.165) is 41.9 Å². The summed E-state index contributed by atoms with van der Waals surface area (Å²) in [6.07, 6.45) is 3.45. The first-order valence-electron chi connectivity index (χ1n) is 11.6. The van der Waals surface area contributed by atoms with Crippen molar-refractivity contribution in [3.63, 3.8) is 0 Å². The van der Waals surface area contributed by atoms with Crippen LogP contribution in [0.1, 0.15) is 42.9 Å². The highest BCUT2D eigenvalue weighted by Gasteiger charge is 2.34. The fourth-order valence-electron chi connectivity index (χ4n) is 4.52. The number of carbonyl (C=O) groups is 2. The van der Waals surface area contributed by atoms with Gasteiger partial charge in [-0.2, -0.15) is 0 Å². The minimum absolute atomic E-state index is 0.0781. The average Bonchev–Trinajstić information content (AvgIpc) is 3.53. The smallest absolute Gasteiger partial charge is 0.227 e. The molecule has 2 aliphatic heterocycles. The Morgan fingerprint density at radius 1 is 0.941 bits per heavy atom. The van der Waals surface area contributed by atoms with Crippen LogP contribution in [-0.2, 0) is 16.1 Å². The average molecular weight is 459 g/mol. The number of carbonyl (C=O) groups excluding carboxylic acids is 2. The monoisotopic (exact) mass is 458 g/mol. The summed E-state index contributed by atoms with van der Waals surface area (Å²) < 4.78 is 13.2. The van der Waals surface area contributed by atoms with Crippen LogP contribution in [0.2, 0.25) is 0 Å². The normalized spacial score (nSPS) is 19.0. The number of hydrogen-bond acceptors (Lipinski definition) is 4. The van der Waals surface area contributed by atoms with Crippen molar-refractivity contribution >= 4 is 28.9 Å². The van der Waals surface area contributed by atoms with Crippen molar-refractivity contribution in [1.29, 1.82) is 0 Å². The molecule has 1 saturated carbocycles. The van der Waals surface area contributed by atoms with Crippen LogP contribution >= 0.6 is 0 Å². The van der Waals surface area contributed by atoms with Crippen LogP contribution in [0.4, 0.5) is 21.5 Å². The predicted octanol–water partition coefficient (Wildman–Crippen LogP) is 4.73. The number of hydrazine groups is 1. The summed E-state index contributed by atoms with van der Waals surface area (Å²) in [5.41, 5.74) is 13.3. The first kappa shape index (κ1) is 22.1. The van der Waals surface area contributed by atoms with E-state index in [-0.39, 0.29) is 29.6 Å². The van der Waals surface area contributed by atoms with Crippen molar-refractivity contribution < 1.29 is 14.0 Å². The molecule has 34 heavy (non-hydrogen) atoms. The Morgan fingerprint density at radius 3 is 2.29 bits per heavy atom. The van der Waals surface area contributed by atoms with Crippen LogP contribution in [0.15, 0.2) is 72.8 Å². The molecule has 2 heterocycles. The Kier molecular flexibility index (Phi) is 6.02. The molecule has 1 unspecified atom stereocenters. The summed E-state index contributed by atoms with van der Waals surface area (Å²) in [7, 11) is 0. The van der Waals surface area contributed by atoms with Crippen LogP contribution in [0.3, 0.4) is 0 Å². The van der Waals surface area contributed by atoms with Gasteiger partial charge in [-0.15, -0.1) is 0 Å². The van der Waals surface area contributed by atoms with E-state index < -0.39 is 0 Å². The molecule has 0 bridgehead atoms. The third-order valence-electron chi connectivity index (χ3n) is 6.47. The molecule has 7 heteroatoms. The number of nitrogens with zero attached hydrogens (tertiary/aromatic N) is 2. The van der Waals surface area contributed by atoms with E-state index in [1.165, 1.54) is 17.7 Å². The number of halogens is 1. The molecule has 3 N–H and O–H groups in total. The van der Waals surface area contributed by atoms with Gasteiger partial charge in [0.05, 0.1) is 17.4 Å². The van der Waals surface area contributed by atoms with Crippen molar-refractivity contribution in [3.8, 4) is 0 Å². The molecule has 0 radical (unpaired) electrons. The first-order chi connectivity index (χ1) is 16.5. The number of nitrogens with two attached hydrogens (primary N) is 1. The highest BCUT2D eigenvalue weighted by Crippen LogP contribution is 2.40. The SMILES string of the molecule is NC(=O)C1CC1.O=C1CCC(c2ccccc2)N1c1ccc2c(c1)CNN2c1ccc(F)cc1. The molecule has 3 aliphatic rings. The number of fused-ring (bicyclic) bond motifs is 1. The third-order valence-corrected chi connectivity index (χ3v) is 6.47. The quantitative estimate of drug-likeness (QED) is 0.592. The van der Waals surface area contributed by atoms with E-state index in [9.17, 15) is 14.0 Å². The van der Waals surface area contributed by atoms with Crippen molar-refractivity contribution in [1.82, 2.24) is 5.43 Å². The van der Waals surface area contributed by atoms with Gasteiger partial charge >= 0.3 is 0 Å². The van der Waals surface area contributed by atoms with E-state index in [0.29, 0.717) is 13.0 Å². The van der Waals surface area contributed by atoms with Crippen LogP contribution in [0.5, 0.6) is 0 Å². The molecular formula is C27H27FN4O2. The van der Waals surface area contributed by atoms with E-state index in [2.05, 4.69) is 23.6 Å². The Hall–Kier alpha value is -3.71. The molecule has 1 saturated heterocycles. The Balaban J connectivity index is 0.000000351. The second-order valence-electron chi connectivity index (χ2n) is 8.87. The van der Waals surface area contributed by atoms with Crippen LogP contribution in [0, 0.1) is 11.7 Å². The number of rotatable bonds is 4. The minimum Gasteiger partial charge on any atom is -0.369 e. The van der Waals surface area contributed by atoms with E-state index in [1.54, 1.807) is 12.1 Å². The summed E-state index contributed by atoms with van der Waals surface area (Å²) in [4.78, 5) is 24.6. The van der Waals surface area contributed by atoms with Crippen molar-refractivity contribution in [2.24, 2.45) is 11.7 Å². The standard InChI is InChI=1S/C23H20FN3O.C4H7NO/c24-18-6-8-19(9-7-18)27-22-11-10-20(14-17(22)15-25-27)26-21(12-13-23(26)28)16-4-2-1-3-5-16;5-4(6)3-1-2-3/h1-11,14,21,25H,12-13,15H2;3H,1-2H2,(H2,5,6). The third kappa shape index (κ3) is 4.52. The Labute approximate surface area is 198 Å². The van der Waals surface area contributed by atoms with Gasteiger partial charge in [0.25, 0.3) is 0 Å². The lowest BCUT2D eigenvalue weighted by Crippen LogP contribution is -2.27. The topological polar surface area (TPSA) is 78.7 Å². The second-order valence-corrected chi connectivity index (χ2v) is 8.87. The van der Waals surface area contributed by atoms with Crippen LogP contribution in [0.25, 0.3) is 0 Å². The number of hydrogen-bond donors (Lipinski definition) is 2. The second kappa shape index (κ2) is 9.27. The molecule has 1 aliphatic carbocycles. The van der Waals surface area contributed by atoms with Gasteiger partial charge in [0.2, 0.25) is 11.8 Å². The van der Waals surface area contributed by atoms with Gasteiger partial charge in [0.1, 0.15) is 5.82 Å². The highest BCUT2D eigenvalue weighted by molar-refractivity contribution is 5.97. The molecule has 174 valence electrons. The first-order valence-corrected chi connectivity index (χ1v) is 11.6. The maximum Gasteiger partial charge on any atom is 0.227 e. The van der Waals surface area contributed by atoms with Gasteiger partial charge in [-0.3, -0.25) is 14.6 Å². The fourth-order valence-corrected chi connectivity index (χ4v) is 4.52. The van der Waals surface area contributed by atoms with E-state index in [4.69, 9.17) is 5.73 Å². The van der Waals surface area contributed by atoms with Crippen molar-refractivity contribution in [3.05, 3.63) is 89.7 Å². The van der Waals surface area contributed by atoms with Crippen molar-refractivity contribution in [2.45, 2.75) is 38.3 Å². The molecule has 0 spiro atoms. The summed E-state index contributed by atoms with van der Waals surface area (Å²) in [5.74, 6) is 0.0215. The van der Waals surface area contributed by atoms with E-state index >= 15 is 0 Å². The Morgan fingerprint density at radius 2 is 1.65 bits per heavy atom. The molecule has 1 atom stereocenters. The lowest BCUT2D eigenvalue weighted by molar-refractivity contribution is -0.119. The number of nitrogens with one attached hydrogen (secondary N) is 1. The zero-order valence-electron chi connectivity index (χ0n) is 18.8. The number of amides is 2. The minimum atomic E-state index is -0.252. The summed E-state index contributed by atoms with van der Waals surface area (Å²) in [5, 5.41) is 1.96. The van der Waals surface area contributed by atoms with Crippen LogP contribution in [-0.4, -0.2) is 11.8 Å². The number of anilines is 3. The maximum atomic E-state index is 13.2. The summed E-state index contributed by atoms with van der Waals surface area (Å²) in [6, 6.07) is 22.8. The number of benzene rings is 3. The number of primary amides is 1. The predicted molar refractivity (Wildman–Crippen MR) is 130 cm³/mol. The molecule has 3 aromatic rings. The van der Waals surface area contributed by atoms with Gasteiger partial charge in [-0.05, 0) is 72.9 Å². The van der Waals surface area contributed by atoms with Crippen molar-refractivity contribution in [2.75, 3.05) is 9.91 Å². The highest BCUT2D eigenvalue weighted by atomic mass is 19.1. The molecular weight excluding hydrogens is 431 g/mol. The summed E-state index contributed by atoms with van der Waals surface area (Å²) in [6.45, 7) is 0.665. The maximum absolute atomic E-state index is 13.2. The molecule has 2 fully saturated rings. The van der Waals surface area contributed by atoms with Gasteiger partial charge in [0.15, 0.2) is 0 Å². The molecule has 3 aromatic carbocycles. The lowest BCUT2D eigenvalue weighted by Gasteiger charge is -2.26. The van der Waals surface area contributed by atoms with Gasteiger partial charge < -0.3 is 10.6 Å². The van der Waals surface area contributed by atoms with Crippen LogP contribution < -0.4 is 21.1 Å². The molecule has 6 nitrogen and oxygen atoms in total.